The first-order chi connectivity index (χ1) is 8.34. The van der Waals surface area contributed by atoms with Crippen LogP contribution in [0, 0.1) is 0 Å². The summed E-state index contributed by atoms with van der Waals surface area (Å²) in [5, 5.41) is 9.22. The van der Waals surface area contributed by atoms with E-state index in [9.17, 15) is 13.9 Å². The Morgan fingerprint density at radius 3 is 2.78 bits per heavy atom. The zero-order valence-corrected chi connectivity index (χ0v) is 10.1. The second-order valence-corrected chi connectivity index (χ2v) is 4.29. The molecule has 0 radical (unpaired) electrons. The molecule has 5 nitrogen and oxygen atoms in total. The zero-order chi connectivity index (χ0) is 13.5. The smallest absolute Gasteiger partial charge is 0.265 e. The van der Waals surface area contributed by atoms with Gasteiger partial charge in [0.05, 0.1) is 17.8 Å². The molecular formula is C11H14F2N4O. The molecule has 18 heavy (non-hydrogen) atoms. The molecule has 0 aliphatic heterocycles. The first-order valence-electron chi connectivity index (χ1n) is 5.45. The summed E-state index contributed by atoms with van der Waals surface area (Å²) in [6.45, 7) is 1.78. The molecule has 2 rings (SSSR count). The van der Waals surface area contributed by atoms with E-state index < -0.39 is 18.6 Å². The topological polar surface area (TPSA) is 77.0 Å². The second-order valence-electron chi connectivity index (χ2n) is 4.29. The first kappa shape index (κ1) is 12.7. The molecule has 0 fully saturated rings. The molecule has 1 atom stereocenters. The molecule has 0 bridgehead atoms. The lowest BCUT2D eigenvalue weighted by Gasteiger charge is -2.23. The second kappa shape index (κ2) is 4.16. The van der Waals surface area contributed by atoms with E-state index >= 15 is 0 Å². The Morgan fingerprint density at radius 1 is 1.56 bits per heavy atom. The lowest BCUT2D eigenvalue weighted by molar-refractivity contribution is -0.0263. The van der Waals surface area contributed by atoms with Crippen molar-refractivity contribution in [1.82, 2.24) is 14.5 Å². The number of hydrogen-bond acceptors (Lipinski definition) is 4. The van der Waals surface area contributed by atoms with Gasteiger partial charge in [0.2, 0.25) is 0 Å². The number of nitrogens with zero attached hydrogens (tertiary/aromatic N) is 3. The minimum atomic E-state index is -2.93. The number of aromatic nitrogens is 3. The molecule has 0 aliphatic rings. The summed E-state index contributed by atoms with van der Waals surface area (Å²) in [5.41, 5.74) is 6.43. The van der Waals surface area contributed by atoms with E-state index in [0.29, 0.717) is 11.0 Å². The summed E-state index contributed by atoms with van der Waals surface area (Å²) in [6.07, 6.45) is 1.40. The molecule has 2 heterocycles. The van der Waals surface area contributed by atoms with Gasteiger partial charge in [-0.05, 0) is 6.92 Å². The predicted octanol–water partition coefficient (Wildman–Crippen LogP) is 1.72. The van der Waals surface area contributed by atoms with Crippen molar-refractivity contribution in [2.24, 2.45) is 0 Å². The number of aliphatic hydroxyl groups excluding tert-OH is 1. The van der Waals surface area contributed by atoms with Gasteiger partial charge in [-0.3, -0.25) is 0 Å². The van der Waals surface area contributed by atoms with Crippen molar-refractivity contribution in [2.45, 2.75) is 32.4 Å². The number of nitrogen functional groups attached to an aromatic ring is 1. The Balaban J connectivity index is 2.70. The number of hydrogen-bond donors (Lipinski definition) is 2. The highest BCUT2D eigenvalue weighted by molar-refractivity contribution is 5.77. The van der Waals surface area contributed by atoms with Gasteiger partial charge < -0.3 is 15.4 Å². The quantitative estimate of drug-likeness (QED) is 0.876. The molecule has 0 saturated carbocycles. The third-order valence-electron chi connectivity index (χ3n) is 2.93. The Hall–Kier alpha value is -1.76. The number of rotatable bonds is 3. The van der Waals surface area contributed by atoms with Crippen LogP contribution in [0.1, 0.15) is 25.7 Å². The van der Waals surface area contributed by atoms with Crippen LogP contribution in [0.2, 0.25) is 0 Å². The van der Waals surface area contributed by atoms with Crippen LogP contribution in [0.25, 0.3) is 11.0 Å². The maximum Gasteiger partial charge on any atom is 0.265 e. The van der Waals surface area contributed by atoms with Crippen LogP contribution in [0.15, 0.2) is 12.3 Å². The van der Waals surface area contributed by atoms with E-state index in [1.54, 1.807) is 0 Å². The maximum atomic E-state index is 13.4. The number of halogens is 2. The Morgan fingerprint density at radius 2 is 2.22 bits per heavy atom. The number of pyridine rings is 1. The molecule has 3 N–H and O–H groups in total. The summed E-state index contributed by atoms with van der Waals surface area (Å²) >= 11 is 0. The van der Waals surface area contributed by atoms with Gasteiger partial charge in [0.15, 0.2) is 0 Å². The van der Waals surface area contributed by atoms with Gasteiger partial charge in [-0.25, -0.2) is 18.7 Å². The number of nitrogens with two attached hydrogens (primary N) is 1. The summed E-state index contributed by atoms with van der Waals surface area (Å²) in [4.78, 5) is 7.92. The lowest BCUT2D eigenvalue weighted by Crippen LogP contribution is -2.26. The van der Waals surface area contributed by atoms with E-state index in [0.717, 1.165) is 6.92 Å². The number of aliphatic hydroxyl groups is 1. The zero-order valence-electron chi connectivity index (χ0n) is 10.1. The van der Waals surface area contributed by atoms with Gasteiger partial charge in [0.1, 0.15) is 23.8 Å². The van der Waals surface area contributed by atoms with Crippen LogP contribution in [0.4, 0.5) is 14.6 Å². The van der Waals surface area contributed by atoms with E-state index in [4.69, 9.17) is 5.73 Å². The monoisotopic (exact) mass is 256 g/mol. The van der Waals surface area contributed by atoms with E-state index in [1.165, 1.54) is 23.8 Å². The van der Waals surface area contributed by atoms with Gasteiger partial charge in [0, 0.05) is 13.0 Å². The van der Waals surface area contributed by atoms with Crippen LogP contribution < -0.4 is 5.73 Å². The van der Waals surface area contributed by atoms with E-state index in [-0.39, 0.29) is 11.6 Å². The summed E-state index contributed by atoms with van der Waals surface area (Å²) in [7, 11) is 0. The average Bonchev–Trinajstić information content (AvgIpc) is 2.64. The molecule has 7 heteroatoms. The number of alkyl halides is 2. The minimum Gasteiger partial charge on any atom is -0.388 e. The summed E-state index contributed by atoms with van der Waals surface area (Å²) in [6, 6.07) is 0.343. The summed E-state index contributed by atoms with van der Waals surface area (Å²) in [5.74, 6) is -2.54. The normalized spacial score (nSPS) is 14.1. The van der Waals surface area contributed by atoms with Crippen LogP contribution in [-0.2, 0) is 6.61 Å². The fourth-order valence-corrected chi connectivity index (χ4v) is 1.83. The highest BCUT2D eigenvalue weighted by atomic mass is 19.3. The van der Waals surface area contributed by atoms with Crippen LogP contribution in [0.3, 0.4) is 0 Å². The maximum absolute atomic E-state index is 13.4. The van der Waals surface area contributed by atoms with E-state index in [2.05, 4.69) is 9.97 Å². The van der Waals surface area contributed by atoms with Gasteiger partial charge in [-0.1, -0.05) is 0 Å². The average molecular weight is 256 g/mol. The summed E-state index contributed by atoms with van der Waals surface area (Å²) < 4.78 is 28.2. The minimum absolute atomic E-state index is 0.173. The molecule has 98 valence electrons. The predicted molar refractivity (Wildman–Crippen MR) is 63.2 cm³/mol. The highest BCUT2D eigenvalue weighted by Gasteiger charge is 2.34. The van der Waals surface area contributed by atoms with Gasteiger partial charge in [0.25, 0.3) is 5.92 Å². The molecule has 0 saturated heterocycles. The number of anilines is 1. The Bertz CT molecular complexity index is 576. The molecule has 2 aromatic rings. The first-order valence-corrected chi connectivity index (χ1v) is 5.45. The van der Waals surface area contributed by atoms with Crippen LogP contribution >= 0.6 is 0 Å². The largest absolute Gasteiger partial charge is 0.388 e. The van der Waals surface area contributed by atoms with Gasteiger partial charge in [-0.15, -0.1) is 0 Å². The molecule has 0 aromatic carbocycles. The molecule has 0 amide bonds. The standard InChI is InChI=1S/C11H14F2N4O/c1-6(11(2,12)13)17-8-3-9(14)15-4-7(8)16-10(17)5-18/h3-4,6,18H,5H2,1-2H3,(H2,14,15). The van der Waals surface area contributed by atoms with E-state index in [1.807, 2.05) is 0 Å². The molecule has 0 aliphatic carbocycles. The van der Waals surface area contributed by atoms with Crippen LogP contribution in [-0.4, -0.2) is 25.6 Å². The van der Waals surface area contributed by atoms with Crippen molar-refractivity contribution in [1.29, 1.82) is 0 Å². The molecular weight excluding hydrogens is 242 g/mol. The van der Waals surface area contributed by atoms with Crippen molar-refractivity contribution < 1.29 is 13.9 Å². The van der Waals surface area contributed by atoms with Crippen molar-refractivity contribution in [3.63, 3.8) is 0 Å². The van der Waals surface area contributed by atoms with Crippen LogP contribution in [0.5, 0.6) is 0 Å². The van der Waals surface area contributed by atoms with Crippen molar-refractivity contribution in [3.8, 4) is 0 Å². The third kappa shape index (κ3) is 2.01. The van der Waals surface area contributed by atoms with Gasteiger partial charge >= 0.3 is 0 Å². The number of imidazole rings is 1. The van der Waals surface area contributed by atoms with Crippen molar-refractivity contribution >= 4 is 16.9 Å². The molecule has 2 aromatic heterocycles. The van der Waals surface area contributed by atoms with Crippen molar-refractivity contribution in [2.75, 3.05) is 5.73 Å². The van der Waals surface area contributed by atoms with Gasteiger partial charge in [-0.2, -0.15) is 0 Å². The number of fused-ring (bicyclic) bond motifs is 1. The molecule has 1 unspecified atom stereocenters. The third-order valence-corrected chi connectivity index (χ3v) is 2.93. The Kier molecular flexibility index (Phi) is 2.94. The van der Waals surface area contributed by atoms with Crippen molar-refractivity contribution in [3.05, 3.63) is 18.1 Å². The SMILES string of the molecule is CC(n1c(CO)nc2cnc(N)cc21)C(C)(F)F. The fourth-order valence-electron chi connectivity index (χ4n) is 1.83. The highest BCUT2D eigenvalue weighted by Crippen LogP contribution is 2.32. The fraction of sp³-hybridized carbons (Fsp3) is 0.455. The lowest BCUT2D eigenvalue weighted by atomic mass is 10.2. The molecule has 0 spiro atoms. The Labute approximate surface area is 102 Å².